The van der Waals surface area contributed by atoms with Crippen molar-refractivity contribution in [3.63, 3.8) is 0 Å². The molecule has 0 saturated carbocycles. The fourth-order valence-corrected chi connectivity index (χ4v) is 4.83. The van der Waals surface area contributed by atoms with Gasteiger partial charge in [0.25, 0.3) is 5.91 Å². The summed E-state index contributed by atoms with van der Waals surface area (Å²) in [5, 5.41) is 3.51. The summed E-state index contributed by atoms with van der Waals surface area (Å²) in [5.74, 6) is -0.566. The summed E-state index contributed by atoms with van der Waals surface area (Å²) in [6, 6.07) is 25.2. The Balaban J connectivity index is 1.41. The predicted molar refractivity (Wildman–Crippen MR) is 136 cm³/mol. The SMILES string of the molecule is O=C(COC(=O)c1c2c(nc3ccccc13)CCC(c1ccccc1)C2)Nc1ccc(Br)cc1. The number of carbonyl (C=O) groups is 2. The highest BCUT2D eigenvalue weighted by Crippen LogP contribution is 2.36. The maximum absolute atomic E-state index is 13.3. The lowest BCUT2D eigenvalue weighted by Crippen LogP contribution is -2.23. The molecule has 0 saturated heterocycles. The fraction of sp³-hybridized carbons (Fsp3) is 0.179. The summed E-state index contributed by atoms with van der Waals surface area (Å²) in [6.07, 6.45) is 2.49. The minimum Gasteiger partial charge on any atom is -0.452 e. The highest BCUT2D eigenvalue weighted by atomic mass is 79.9. The molecule has 0 fully saturated rings. The van der Waals surface area contributed by atoms with E-state index in [0.717, 1.165) is 39.5 Å². The molecular formula is C28H23BrN2O3. The molecule has 34 heavy (non-hydrogen) atoms. The number of amides is 1. The van der Waals surface area contributed by atoms with Gasteiger partial charge in [0.05, 0.1) is 11.1 Å². The first-order valence-electron chi connectivity index (χ1n) is 11.3. The average molecular weight is 515 g/mol. The van der Waals surface area contributed by atoms with Gasteiger partial charge in [-0.3, -0.25) is 9.78 Å². The highest BCUT2D eigenvalue weighted by molar-refractivity contribution is 9.10. The maximum Gasteiger partial charge on any atom is 0.339 e. The van der Waals surface area contributed by atoms with Crippen molar-refractivity contribution >= 4 is 44.4 Å². The number of para-hydroxylation sites is 1. The van der Waals surface area contributed by atoms with E-state index in [2.05, 4.69) is 33.4 Å². The average Bonchev–Trinajstić information content (AvgIpc) is 2.87. The third-order valence-corrected chi connectivity index (χ3v) is 6.73. The molecule has 6 heteroatoms. The normalized spacial score (nSPS) is 14.9. The van der Waals surface area contributed by atoms with E-state index in [-0.39, 0.29) is 12.5 Å². The Labute approximate surface area is 206 Å². The van der Waals surface area contributed by atoms with Gasteiger partial charge in [-0.1, -0.05) is 64.5 Å². The monoisotopic (exact) mass is 514 g/mol. The first-order valence-corrected chi connectivity index (χ1v) is 12.1. The molecule has 0 aliphatic heterocycles. The lowest BCUT2D eigenvalue weighted by atomic mass is 9.80. The van der Waals surface area contributed by atoms with E-state index in [4.69, 9.17) is 9.72 Å². The van der Waals surface area contributed by atoms with E-state index in [1.165, 1.54) is 5.56 Å². The van der Waals surface area contributed by atoms with Crippen LogP contribution in [0.2, 0.25) is 0 Å². The molecule has 5 nitrogen and oxygen atoms in total. The number of aryl methyl sites for hydroxylation is 1. The Bertz CT molecular complexity index is 1350. The largest absolute Gasteiger partial charge is 0.452 e. The smallest absolute Gasteiger partial charge is 0.339 e. The van der Waals surface area contributed by atoms with Crippen molar-refractivity contribution in [1.29, 1.82) is 0 Å². The van der Waals surface area contributed by atoms with Gasteiger partial charge in [-0.05, 0) is 66.6 Å². The Kier molecular flexibility index (Phi) is 6.41. The van der Waals surface area contributed by atoms with Crippen LogP contribution in [0.15, 0.2) is 83.3 Å². The van der Waals surface area contributed by atoms with Gasteiger partial charge in [-0.15, -0.1) is 0 Å². The number of rotatable bonds is 5. The van der Waals surface area contributed by atoms with Crippen molar-refractivity contribution in [1.82, 2.24) is 4.98 Å². The molecule has 4 aromatic rings. The molecular weight excluding hydrogens is 492 g/mol. The summed E-state index contributed by atoms with van der Waals surface area (Å²) >= 11 is 3.37. The standard InChI is InChI=1S/C28H23BrN2O3/c29-20-11-13-21(14-12-20)30-26(32)17-34-28(33)27-22-8-4-5-9-24(22)31-25-15-10-19(16-23(25)27)18-6-2-1-3-7-18/h1-9,11-14,19H,10,15-17H2,(H,30,32). The number of esters is 1. The molecule has 1 aliphatic carbocycles. The molecule has 1 heterocycles. The number of aromatic nitrogens is 1. The van der Waals surface area contributed by atoms with E-state index in [1.807, 2.05) is 54.6 Å². The van der Waals surface area contributed by atoms with Crippen molar-refractivity contribution in [2.75, 3.05) is 11.9 Å². The van der Waals surface area contributed by atoms with Crippen molar-refractivity contribution in [2.24, 2.45) is 0 Å². The molecule has 1 aromatic heterocycles. The third kappa shape index (κ3) is 4.73. The van der Waals surface area contributed by atoms with Crippen molar-refractivity contribution in [3.05, 3.63) is 106 Å². The van der Waals surface area contributed by atoms with Crippen LogP contribution in [0.4, 0.5) is 5.69 Å². The van der Waals surface area contributed by atoms with Crippen molar-refractivity contribution < 1.29 is 14.3 Å². The Morgan fingerprint density at radius 3 is 2.50 bits per heavy atom. The Hall–Kier alpha value is -3.51. The fourth-order valence-electron chi connectivity index (χ4n) is 4.56. The van der Waals surface area contributed by atoms with Crippen LogP contribution in [0.25, 0.3) is 10.9 Å². The molecule has 1 aliphatic rings. The van der Waals surface area contributed by atoms with E-state index in [0.29, 0.717) is 23.6 Å². The Morgan fingerprint density at radius 2 is 1.71 bits per heavy atom. The molecule has 5 rings (SSSR count). The zero-order valence-electron chi connectivity index (χ0n) is 18.5. The topological polar surface area (TPSA) is 68.3 Å². The third-order valence-electron chi connectivity index (χ3n) is 6.20. The number of carbonyl (C=O) groups excluding carboxylic acids is 2. The van der Waals surface area contributed by atoms with Crippen LogP contribution >= 0.6 is 15.9 Å². The second kappa shape index (κ2) is 9.77. The van der Waals surface area contributed by atoms with Crippen LogP contribution in [-0.2, 0) is 22.4 Å². The van der Waals surface area contributed by atoms with E-state index < -0.39 is 5.97 Å². The molecule has 1 unspecified atom stereocenters. The van der Waals surface area contributed by atoms with Crippen LogP contribution in [0.5, 0.6) is 0 Å². The summed E-state index contributed by atoms with van der Waals surface area (Å²) < 4.78 is 6.43. The number of halogens is 1. The predicted octanol–water partition coefficient (Wildman–Crippen LogP) is 6.07. The molecule has 1 N–H and O–H groups in total. The Morgan fingerprint density at radius 1 is 0.971 bits per heavy atom. The van der Waals surface area contributed by atoms with Gasteiger partial charge in [0.15, 0.2) is 6.61 Å². The van der Waals surface area contributed by atoms with Crippen LogP contribution in [0, 0.1) is 0 Å². The number of nitrogens with one attached hydrogen (secondary N) is 1. The molecule has 3 aromatic carbocycles. The number of anilines is 1. The van der Waals surface area contributed by atoms with Gasteiger partial charge in [0.1, 0.15) is 0 Å². The summed E-state index contributed by atoms with van der Waals surface area (Å²) in [6.45, 7) is -0.359. The number of ether oxygens (including phenoxy) is 1. The van der Waals surface area contributed by atoms with Gasteiger partial charge in [-0.25, -0.2) is 4.79 Å². The van der Waals surface area contributed by atoms with Crippen molar-refractivity contribution in [3.8, 4) is 0 Å². The van der Waals surface area contributed by atoms with Gasteiger partial charge in [0.2, 0.25) is 0 Å². The maximum atomic E-state index is 13.3. The minimum atomic E-state index is -0.491. The lowest BCUT2D eigenvalue weighted by Gasteiger charge is -2.26. The number of nitrogens with zero attached hydrogens (tertiary/aromatic N) is 1. The van der Waals surface area contributed by atoms with Gasteiger partial charge < -0.3 is 10.1 Å². The van der Waals surface area contributed by atoms with Crippen LogP contribution < -0.4 is 5.32 Å². The number of hydrogen-bond donors (Lipinski definition) is 1. The molecule has 1 amide bonds. The molecule has 170 valence electrons. The molecule has 0 spiro atoms. The van der Waals surface area contributed by atoms with E-state index >= 15 is 0 Å². The zero-order chi connectivity index (χ0) is 23.5. The van der Waals surface area contributed by atoms with Gasteiger partial charge in [-0.2, -0.15) is 0 Å². The minimum absolute atomic E-state index is 0.309. The molecule has 0 bridgehead atoms. The molecule has 0 radical (unpaired) electrons. The number of hydrogen-bond acceptors (Lipinski definition) is 4. The van der Waals surface area contributed by atoms with Crippen LogP contribution in [0.3, 0.4) is 0 Å². The zero-order valence-corrected chi connectivity index (χ0v) is 20.0. The highest BCUT2D eigenvalue weighted by Gasteiger charge is 2.28. The quantitative estimate of drug-likeness (QED) is 0.328. The first-order chi connectivity index (χ1) is 16.6. The summed E-state index contributed by atoms with van der Waals surface area (Å²) in [5.41, 5.74) is 5.06. The first kappa shape index (κ1) is 22.3. The second-order valence-corrected chi connectivity index (χ2v) is 9.33. The van der Waals surface area contributed by atoms with E-state index in [1.54, 1.807) is 12.1 Å². The molecule has 1 atom stereocenters. The number of pyridine rings is 1. The summed E-state index contributed by atoms with van der Waals surface area (Å²) in [4.78, 5) is 30.6. The van der Waals surface area contributed by atoms with E-state index in [9.17, 15) is 9.59 Å². The van der Waals surface area contributed by atoms with Gasteiger partial charge >= 0.3 is 5.97 Å². The number of fused-ring (bicyclic) bond motifs is 2. The second-order valence-electron chi connectivity index (χ2n) is 8.41. The summed E-state index contributed by atoms with van der Waals surface area (Å²) in [7, 11) is 0. The number of benzene rings is 3. The van der Waals surface area contributed by atoms with Crippen LogP contribution in [-0.4, -0.2) is 23.5 Å². The van der Waals surface area contributed by atoms with Crippen molar-refractivity contribution in [2.45, 2.75) is 25.2 Å². The van der Waals surface area contributed by atoms with Gasteiger partial charge in [0, 0.05) is 21.2 Å². The van der Waals surface area contributed by atoms with Crippen LogP contribution in [0.1, 0.15) is 39.5 Å². The lowest BCUT2D eigenvalue weighted by molar-refractivity contribution is -0.119.